The Morgan fingerprint density at radius 1 is 1.32 bits per heavy atom. The van der Waals surface area contributed by atoms with Crippen LogP contribution in [0.1, 0.15) is 37.7 Å². The molecular formula is C15H18FNO2. The maximum Gasteiger partial charge on any atom is 0.230 e. The summed E-state index contributed by atoms with van der Waals surface area (Å²) in [7, 11) is 0. The van der Waals surface area contributed by atoms with E-state index in [1.54, 1.807) is 12.1 Å². The van der Waals surface area contributed by atoms with Crippen LogP contribution < -0.4 is 5.32 Å². The number of halogens is 1. The first-order valence-corrected chi connectivity index (χ1v) is 6.81. The Labute approximate surface area is 111 Å². The molecule has 3 rings (SSSR count). The van der Waals surface area contributed by atoms with Crippen molar-refractivity contribution < 1.29 is 14.3 Å². The van der Waals surface area contributed by atoms with Crippen LogP contribution in [0.15, 0.2) is 24.3 Å². The molecule has 0 atom stereocenters. The third-order valence-electron chi connectivity index (χ3n) is 4.42. The fourth-order valence-electron chi connectivity index (χ4n) is 2.73. The van der Waals surface area contributed by atoms with Crippen LogP contribution in [0, 0.1) is 5.82 Å². The molecule has 0 saturated heterocycles. The van der Waals surface area contributed by atoms with E-state index in [-0.39, 0.29) is 11.7 Å². The Morgan fingerprint density at radius 2 is 2.05 bits per heavy atom. The summed E-state index contributed by atoms with van der Waals surface area (Å²) in [4.78, 5) is 12.3. The number of amides is 1. The van der Waals surface area contributed by atoms with Gasteiger partial charge < -0.3 is 10.4 Å². The highest BCUT2D eigenvalue weighted by atomic mass is 19.1. The average molecular weight is 263 g/mol. The van der Waals surface area contributed by atoms with E-state index in [0.717, 1.165) is 37.7 Å². The van der Waals surface area contributed by atoms with Gasteiger partial charge in [0.2, 0.25) is 5.91 Å². The molecule has 2 saturated carbocycles. The number of hydrogen-bond donors (Lipinski definition) is 2. The first-order valence-electron chi connectivity index (χ1n) is 6.81. The van der Waals surface area contributed by atoms with E-state index in [2.05, 4.69) is 5.32 Å². The fourth-order valence-corrected chi connectivity index (χ4v) is 2.73. The second-order valence-corrected chi connectivity index (χ2v) is 5.85. The molecule has 0 aliphatic heterocycles. The largest absolute Gasteiger partial charge is 0.388 e. The van der Waals surface area contributed by atoms with Gasteiger partial charge in [-0.1, -0.05) is 12.1 Å². The zero-order valence-electron chi connectivity index (χ0n) is 10.8. The Morgan fingerprint density at radius 3 is 2.58 bits per heavy atom. The number of carbonyl (C=O) groups excluding carboxylic acids is 1. The van der Waals surface area contributed by atoms with Crippen molar-refractivity contribution >= 4 is 5.91 Å². The maximum atomic E-state index is 13.3. The second kappa shape index (κ2) is 4.30. The molecule has 1 aromatic rings. The highest BCUT2D eigenvalue weighted by Crippen LogP contribution is 2.48. The van der Waals surface area contributed by atoms with E-state index in [0.29, 0.717) is 6.54 Å². The molecule has 2 N–H and O–H groups in total. The lowest BCUT2D eigenvalue weighted by atomic mass is 9.80. The van der Waals surface area contributed by atoms with Crippen LogP contribution in [0.25, 0.3) is 0 Å². The van der Waals surface area contributed by atoms with Gasteiger partial charge in [0.1, 0.15) is 5.82 Å². The van der Waals surface area contributed by atoms with Crippen LogP contribution >= 0.6 is 0 Å². The van der Waals surface area contributed by atoms with E-state index in [4.69, 9.17) is 0 Å². The minimum absolute atomic E-state index is 0.0848. The van der Waals surface area contributed by atoms with Gasteiger partial charge >= 0.3 is 0 Å². The predicted molar refractivity (Wildman–Crippen MR) is 69.1 cm³/mol. The lowest BCUT2D eigenvalue weighted by Crippen LogP contribution is -2.49. The van der Waals surface area contributed by atoms with Crippen LogP contribution in [0.5, 0.6) is 0 Å². The monoisotopic (exact) mass is 263 g/mol. The Balaban J connectivity index is 1.69. The molecule has 3 nitrogen and oxygen atoms in total. The fraction of sp³-hybridized carbons (Fsp3) is 0.533. The number of nitrogens with one attached hydrogen (secondary N) is 1. The third kappa shape index (κ3) is 2.25. The smallest absolute Gasteiger partial charge is 0.230 e. The minimum atomic E-state index is -0.715. The summed E-state index contributed by atoms with van der Waals surface area (Å²) in [6.07, 6.45) is 4.02. The topological polar surface area (TPSA) is 49.3 Å². The van der Waals surface area contributed by atoms with Crippen molar-refractivity contribution in [2.75, 3.05) is 6.54 Å². The van der Waals surface area contributed by atoms with Gasteiger partial charge in [0.15, 0.2) is 0 Å². The van der Waals surface area contributed by atoms with Crippen molar-refractivity contribution in [1.29, 1.82) is 0 Å². The first-order chi connectivity index (χ1) is 9.04. The van der Waals surface area contributed by atoms with Crippen LogP contribution in [0.2, 0.25) is 0 Å². The Bertz CT molecular complexity index is 507. The van der Waals surface area contributed by atoms with Crippen molar-refractivity contribution in [3.8, 4) is 0 Å². The second-order valence-electron chi connectivity index (χ2n) is 5.85. The molecule has 19 heavy (non-hydrogen) atoms. The molecule has 0 bridgehead atoms. The lowest BCUT2D eigenvalue weighted by Gasteiger charge is -2.37. The molecule has 102 valence electrons. The number of hydrogen-bond acceptors (Lipinski definition) is 2. The summed E-state index contributed by atoms with van der Waals surface area (Å²) < 4.78 is 13.3. The van der Waals surface area contributed by atoms with Gasteiger partial charge in [0.05, 0.1) is 11.0 Å². The number of carbonyl (C=O) groups is 1. The summed E-state index contributed by atoms with van der Waals surface area (Å²) in [5.41, 5.74) is -0.541. The summed E-state index contributed by atoms with van der Waals surface area (Å²) >= 11 is 0. The van der Waals surface area contributed by atoms with Gasteiger partial charge in [-0.2, -0.15) is 0 Å². The normalized spacial score (nSPS) is 22.4. The van der Waals surface area contributed by atoms with Gasteiger partial charge in [-0.05, 0) is 49.8 Å². The molecule has 0 unspecified atom stereocenters. The van der Waals surface area contributed by atoms with Crippen molar-refractivity contribution in [2.24, 2.45) is 0 Å². The van der Waals surface area contributed by atoms with Crippen molar-refractivity contribution in [3.63, 3.8) is 0 Å². The van der Waals surface area contributed by atoms with Crippen LogP contribution in [-0.4, -0.2) is 23.2 Å². The summed E-state index contributed by atoms with van der Waals surface area (Å²) in [6, 6.07) is 6.25. The summed E-state index contributed by atoms with van der Waals surface area (Å²) in [6.45, 7) is 0.308. The molecule has 4 heteroatoms. The van der Waals surface area contributed by atoms with Gasteiger partial charge in [-0.15, -0.1) is 0 Å². The number of benzene rings is 1. The molecule has 2 aliphatic carbocycles. The standard InChI is InChI=1S/C15H18FNO2/c16-12-4-1-3-11(9-12)15(7-8-15)13(18)17-10-14(19)5-2-6-14/h1,3-4,9,19H,2,5-8,10H2,(H,17,18). The third-order valence-corrected chi connectivity index (χ3v) is 4.42. The van der Waals surface area contributed by atoms with E-state index in [1.165, 1.54) is 12.1 Å². The average Bonchev–Trinajstić information content (AvgIpc) is 3.15. The highest BCUT2D eigenvalue weighted by molar-refractivity contribution is 5.91. The first kappa shape index (κ1) is 12.6. The lowest BCUT2D eigenvalue weighted by molar-refractivity contribution is -0.126. The van der Waals surface area contributed by atoms with Gasteiger partial charge in [0, 0.05) is 6.54 Å². The zero-order valence-corrected chi connectivity index (χ0v) is 10.8. The van der Waals surface area contributed by atoms with Gasteiger partial charge in [-0.25, -0.2) is 4.39 Å². The molecule has 2 fully saturated rings. The van der Waals surface area contributed by atoms with Gasteiger partial charge in [0.25, 0.3) is 0 Å². The summed E-state index contributed by atoms with van der Waals surface area (Å²) in [5, 5.41) is 12.8. The van der Waals surface area contributed by atoms with E-state index in [1.807, 2.05) is 0 Å². The van der Waals surface area contributed by atoms with Crippen LogP contribution in [0.3, 0.4) is 0 Å². The molecule has 0 aromatic heterocycles. The Hall–Kier alpha value is -1.42. The predicted octanol–water partition coefficient (Wildman–Crippen LogP) is 1.89. The van der Waals surface area contributed by atoms with E-state index < -0.39 is 11.0 Å². The van der Waals surface area contributed by atoms with Crippen molar-refractivity contribution in [1.82, 2.24) is 5.32 Å². The van der Waals surface area contributed by atoms with E-state index >= 15 is 0 Å². The quantitative estimate of drug-likeness (QED) is 0.871. The molecule has 2 aliphatic rings. The Kier molecular flexibility index (Phi) is 2.86. The summed E-state index contributed by atoms with van der Waals surface area (Å²) in [5.74, 6) is -0.396. The maximum absolute atomic E-state index is 13.3. The van der Waals surface area contributed by atoms with Crippen molar-refractivity contribution in [2.45, 2.75) is 43.1 Å². The molecule has 0 heterocycles. The van der Waals surface area contributed by atoms with Crippen LogP contribution in [0.4, 0.5) is 4.39 Å². The minimum Gasteiger partial charge on any atom is -0.388 e. The van der Waals surface area contributed by atoms with Gasteiger partial charge in [-0.3, -0.25) is 4.79 Å². The molecular weight excluding hydrogens is 245 g/mol. The molecule has 0 radical (unpaired) electrons. The zero-order chi connectivity index (χ0) is 13.5. The molecule has 0 spiro atoms. The SMILES string of the molecule is O=C(NCC1(O)CCC1)C1(c2cccc(F)c2)CC1. The molecule has 1 amide bonds. The number of aliphatic hydroxyl groups is 1. The molecule has 1 aromatic carbocycles. The highest BCUT2D eigenvalue weighted by Gasteiger charge is 2.51. The van der Waals surface area contributed by atoms with Crippen LogP contribution in [-0.2, 0) is 10.2 Å². The van der Waals surface area contributed by atoms with Crippen molar-refractivity contribution in [3.05, 3.63) is 35.6 Å². The number of rotatable bonds is 4. The van der Waals surface area contributed by atoms with E-state index in [9.17, 15) is 14.3 Å².